The fourth-order valence-corrected chi connectivity index (χ4v) is 2.15. The molecule has 20 heavy (non-hydrogen) atoms. The van der Waals surface area contributed by atoms with Crippen molar-refractivity contribution in [1.29, 1.82) is 0 Å². The number of likely N-dealkylation sites (N-methyl/N-ethyl adjacent to an activating group) is 2. The molecule has 1 aliphatic heterocycles. The van der Waals surface area contributed by atoms with Gasteiger partial charge in [0.25, 0.3) is 5.91 Å². The van der Waals surface area contributed by atoms with Gasteiger partial charge in [-0.3, -0.25) is 9.69 Å². The van der Waals surface area contributed by atoms with Crippen molar-refractivity contribution in [1.82, 2.24) is 9.80 Å². The molecule has 0 atom stereocenters. The van der Waals surface area contributed by atoms with E-state index in [0.29, 0.717) is 22.3 Å². The van der Waals surface area contributed by atoms with Crippen LogP contribution in [0, 0.1) is 0 Å². The van der Waals surface area contributed by atoms with E-state index in [9.17, 15) is 4.79 Å². The number of hydrogen-bond donors (Lipinski definition) is 0. The van der Waals surface area contributed by atoms with Crippen molar-refractivity contribution < 1.29 is 14.3 Å². The van der Waals surface area contributed by atoms with Crippen molar-refractivity contribution >= 4 is 29.3 Å². The highest BCUT2D eigenvalue weighted by molar-refractivity contribution is 7.80. The van der Waals surface area contributed by atoms with E-state index in [2.05, 4.69) is 0 Å². The van der Waals surface area contributed by atoms with E-state index >= 15 is 0 Å². The van der Waals surface area contributed by atoms with Gasteiger partial charge in [-0.1, -0.05) is 0 Å². The summed E-state index contributed by atoms with van der Waals surface area (Å²) in [6.45, 7) is 0. The second kappa shape index (κ2) is 5.50. The maximum Gasteiger partial charge on any atom is 0.276 e. The average Bonchev–Trinajstić information content (AvgIpc) is 2.65. The molecule has 5 nitrogen and oxygen atoms in total. The Morgan fingerprint density at radius 1 is 1.15 bits per heavy atom. The Labute approximate surface area is 123 Å². The normalized spacial score (nSPS) is 17.1. The SMILES string of the molecule is COc1ccc(/C=C2/C(=O)N(C)C(=S)N2C)c(OC)c1. The lowest BCUT2D eigenvalue weighted by Crippen LogP contribution is -2.26. The van der Waals surface area contributed by atoms with Crippen LogP contribution in [-0.2, 0) is 4.79 Å². The molecule has 0 radical (unpaired) electrons. The van der Waals surface area contributed by atoms with Crippen LogP contribution in [0.4, 0.5) is 0 Å². The Kier molecular flexibility index (Phi) is 3.94. The number of nitrogens with zero attached hydrogens (tertiary/aromatic N) is 2. The summed E-state index contributed by atoms with van der Waals surface area (Å²) in [6.07, 6.45) is 1.76. The first-order chi connectivity index (χ1) is 9.49. The maximum atomic E-state index is 12.1. The van der Waals surface area contributed by atoms with Gasteiger partial charge in [0.2, 0.25) is 0 Å². The van der Waals surface area contributed by atoms with Crippen LogP contribution in [0.15, 0.2) is 23.9 Å². The van der Waals surface area contributed by atoms with Crippen LogP contribution in [0.25, 0.3) is 6.08 Å². The second-order valence-corrected chi connectivity index (χ2v) is 4.71. The molecule has 0 N–H and O–H groups in total. The maximum absolute atomic E-state index is 12.1. The molecule has 1 saturated heterocycles. The minimum Gasteiger partial charge on any atom is -0.497 e. The molecule has 106 valence electrons. The van der Waals surface area contributed by atoms with Gasteiger partial charge in [0.05, 0.1) is 14.2 Å². The number of carbonyl (C=O) groups excluding carboxylic acids is 1. The Bertz CT molecular complexity index is 598. The molecule has 0 bridgehead atoms. The fraction of sp³-hybridized carbons (Fsp3) is 0.286. The summed E-state index contributed by atoms with van der Waals surface area (Å²) in [7, 11) is 6.60. The molecule has 0 spiro atoms. The van der Waals surface area contributed by atoms with E-state index in [1.807, 2.05) is 12.1 Å². The molecule has 0 unspecified atom stereocenters. The van der Waals surface area contributed by atoms with Crippen molar-refractivity contribution in [3.8, 4) is 11.5 Å². The predicted molar refractivity (Wildman–Crippen MR) is 80.7 cm³/mol. The first-order valence-electron chi connectivity index (χ1n) is 5.99. The van der Waals surface area contributed by atoms with E-state index in [1.54, 1.807) is 45.4 Å². The molecule has 1 aliphatic rings. The molecule has 0 aliphatic carbocycles. The third-order valence-corrected chi connectivity index (χ3v) is 3.74. The number of ether oxygens (including phenoxy) is 2. The summed E-state index contributed by atoms with van der Waals surface area (Å²) in [5, 5.41) is 0.480. The summed E-state index contributed by atoms with van der Waals surface area (Å²) in [5.74, 6) is 1.21. The van der Waals surface area contributed by atoms with Gasteiger partial charge in [-0.05, 0) is 30.4 Å². The molecule has 1 fully saturated rings. The number of benzene rings is 1. The quantitative estimate of drug-likeness (QED) is 0.627. The van der Waals surface area contributed by atoms with Crippen LogP contribution in [0.2, 0.25) is 0 Å². The van der Waals surface area contributed by atoms with E-state index < -0.39 is 0 Å². The summed E-state index contributed by atoms with van der Waals surface area (Å²) < 4.78 is 10.5. The number of rotatable bonds is 3. The second-order valence-electron chi connectivity index (χ2n) is 4.34. The first kappa shape index (κ1) is 14.3. The lowest BCUT2D eigenvalue weighted by Gasteiger charge is -2.12. The van der Waals surface area contributed by atoms with Gasteiger partial charge in [0.15, 0.2) is 5.11 Å². The van der Waals surface area contributed by atoms with Crippen LogP contribution < -0.4 is 9.47 Å². The van der Waals surface area contributed by atoms with E-state index in [-0.39, 0.29) is 5.91 Å². The lowest BCUT2D eigenvalue weighted by atomic mass is 10.1. The minimum absolute atomic E-state index is 0.129. The zero-order valence-electron chi connectivity index (χ0n) is 11.8. The van der Waals surface area contributed by atoms with Crippen molar-refractivity contribution in [3.63, 3.8) is 0 Å². The van der Waals surface area contributed by atoms with Crippen molar-refractivity contribution in [2.45, 2.75) is 0 Å². The molecular weight excluding hydrogens is 276 g/mol. The summed E-state index contributed by atoms with van der Waals surface area (Å²) >= 11 is 5.17. The van der Waals surface area contributed by atoms with Crippen LogP contribution in [0.5, 0.6) is 11.5 Å². The standard InChI is InChI=1S/C14H16N2O3S/c1-15-11(13(17)16(2)14(15)20)7-9-5-6-10(18-3)8-12(9)19-4/h5-8H,1-4H3/b11-7-. The van der Waals surface area contributed by atoms with E-state index in [4.69, 9.17) is 21.7 Å². The number of thiocarbonyl (C=S) groups is 1. The molecule has 1 heterocycles. The van der Waals surface area contributed by atoms with Gasteiger partial charge >= 0.3 is 0 Å². The minimum atomic E-state index is -0.129. The predicted octanol–water partition coefficient (Wildman–Crippen LogP) is 1.73. The van der Waals surface area contributed by atoms with Gasteiger partial charge in [-0.15, -0.1) is 0 Å². The summed E-state index contributed by atoms with van der Waals surface area (Å²) in [6, 6.07) is 5.43. The molecule has 2 rings (SSSR count). The highest BCUT2D eigenvalue weighted by Gasteiger charge is 2.32. The first-order valence-corrected chi connectivity index (χ1v) is 6.40. The van der Waals surface area contributed by atoms with Gasteiger partial charge in [-0.25, -0.2) is 0 Å². The average molecular weight is 292 g/mol. The van der Waals surface area contributed by atoms with Gasteiger partial charge in [-0.2, -0.15) is 0 Å². The molecule has 1 amide bonds. The monoisotopic (exact) mass is 292 g/mol. The molecule has 0 aromatic heterocycles. The zero-order valence-corrected chi connectivity index (χ0v) is 12.7. The number of amides is 1. The number of hydrogen-bond acceptors (Lipinski definition) is 4. The molecule has 1 aromatic rings. The van der Waals surface area contributed by atoms with Crippen molar-refractivity contribution in [2.75, 3.05) is 28.3 Å². The Morgan fingerprint density at radius 3 is 2.35 bits per heavy atom. The molecule has 0 saturated carbocycles. The van der Waals surface area contributed by atoms with Crippen molar-refractivity contribution in [3.05, 3.63) is 29.5 Å². The smallest absolute Gasteiger partial charge is 0.276 e. The zero-order chi connectivity index (χ0) is 14.9. The van der Waals surface area contributed by atoms with Gasteiger partial charge < -0.3 is 14.4 Å². The molecule has 1 aromatic carbocycles. The highest BCUT2D eigenvalue weighted by atomic mass is 32.1. The molecule has 6 heteroatoms. The fourth-order valence-electron chi connectivity index (χ4n) is 1.97. The largest absolute Gasteiger partial charge is 0.497 e. The number of carbonyl (C=O) groups is 1. The van der Waals surface area contributed by atoms with Crippen LogP contribution >= 0.6 is 12.2 Å². The number of methoxy groups -OCH3 is 2. The third kappa shape index (κ3) is 2.34. The van der Waals surface area contributed by atoms with Crippen LogP contribution in [-0.4, -0.2) is 49.1 Å². The molecular formula is C14H16N2O3S. The highest BCUT2D eigenvalue weighted by Crippen LogP contribution is 2.28. The van der Waals surface area contributed by atoms with E-state index in [0.717, 1.165) is 5.56 Å². The Balaban J connectivity index is 2.45. The van der Waals surface area contributed by atoms with E-state index in [1.165, 1.54) is 4.90 Å². The summed E-state index contributed by atoms with van der Waals surface area (Å²) in [4.78, 5) is 15.2. The summed E-state index contributed by atoms with van der Waals surface area (Å²) in [5.41, 5.74) is 1.31. The van der Waals surface area contributed by atoms with Crippen LogP contribution in [0.1, 0.15) is 5.56 Å². The lowest BCUT2D eigenvalue weighted by molar-refractivity contribution is -0.121. The van der Waals surface area contributed by atoms with Gasteiger partial charge in [0, 0.05) is 25.7 Å². The van der Waals surface area contributed by atoms with Crippen molar-refractivity contribution in [2.24, 2.45) is 0 Å². The topological polar surface area (TPSA) is 42.0 Å². The Hall–Kier alpha value is -2.08. The van der Waals surface area contributed by atoms with Gasteiger partial charge in [0.1, 0.15) is 17.2 Å². The Morgan fingerprint density at radius 2 is 1.85 bits per heavy atom. The van der Waals surface area contributed by atoms with Crippen LogP contribution in [0.3, 0.4) is 0 Å². The third-order valence-electron chi connectivity index (χ3n) is 3.19.